The van der Waals surface area contributed by atoms with Gasteiger partial charge in [0.25, 0.3) is 0 Å². The Labute approximate surface area is 109 Å². The minimum absolute atomic E-state index is 0.218. The van der Waals surface area contributed by atoms with E-state index in [0.717, 1.165) is 12.3 Å². The largest absolute Gasteiger partial charge is 0.493 e. The molecule has 96 valence electrons. The maximum absolute atomic E-state index is 8.85. The van der Waals surface area contributed by atoms with Gasteiger partial charge in [0.2, 0.25) is 0 Å². The summed E-state index contributed by atoms with van der Waals surface area (Å²) in [7, 11) is 2.16. The third-order valence-electron chi connectivity index (χ3n) is 3.52. The van der Waals surface area contributed by atoms with Crippen molar-refractivity contribution < 1.29 is 4.74 Å². The first-order valence-electron chi connectivity index (χ1n) is 6.43. The molecule has 1 heterocycles. The van der Waals surface area contributed by atoms with Crippen molar-refractivity contribution in [3.05, 3.63) is 29.8 Å². The van der Waals surface area contributed by atoms with E-state index in [1.165, 1.54) is 19.4 Å². The second-order valence-electron chi connectivity index (χ2n) is 5.58. The minimum atomic E-state index is 0.218. The fraction of sp³-hybridized carbons (Fsp3) is 0.533. The first-order chi connectivity index (χ1) is 8.61. The molecule has 1 saturated heterocycles. The van der Waals surface area contributed by atoms with E-state index in [-0.39, 0.29) is 5.41 Å². The summed E-state index contributed by atoms with van der Waals surface area (Å²) < 4.78 is 5.86. The molecule has 1 aromatic carbocycles. The van der Waals surface area contributed by atoms with Crippen LogP contribution in [0.15, 0.2) is 24.3 Å². The quantitative estimate of drug-likeness (QED) is 0.820. The summed E-state index contributed by atoms with van der Waals surface area (Å²) >= 11 is 0. The number of nitrogens with zero attached hydrogens (tertiary/aromatic N) is 2. The lowest BCUT2D eigenvalue weighted by Crippen LogP contribution is -2.42. The molecule has 1 unspecified atom stereocenters. The zero-order valence-corrected chi connectivity index (χ0v) is 11.1. The zero-order chi connectivity index (χ0) is 13.0. The Bertz CT molecular complexity index is 452. The Kier molecular flexibility index (Phi) is 3.88. The van der Waals surface area contributed by atoms with Crippen LogP contribution in [0, 0.1) is 16.7 Å². The molecule has 0 N–H and O–H groups in total. The molecule has 1 atom stereocenters. The number of benzene rings is 1. The fourth-order valence-electron chi connectivity index (χ4n) is 2.62. The van der Waals surface area contributed by atoms with E-state index >= 15 is 0 Å². The van der Waals surface area contributed by atoms with Gasteiger partial charge in [-0.1, -0.05) is 13.0 Å². The van der Waals surface area contributed by atoms with Gasteiger partial charge in [-0.3, -0.25) is 0 Å². The third-order valence-corrected chi connectivity index (χ3v) is 3.52. The van der Waals surface area contributed by atoms with E-state index in [2.05, 4.69) is 24.9 Å². The Balaban J connectivity index is 1.96. The van der Waals surface area contributed by atoms with E-state index in [9.17, 15) is 0 Å². The highest BCUT2D eigenvalue weighted by Gasteiger charge is 2.30. The summed E-state index contributed by atoms with van der Waals surface area (Å²) in [6.45, 7) is 5.24. The summed E-state index contributed by atoms with van der Waals surface area (Å²) in [6.07, 6.45) is 2.43. The molecular formula is C15H20N2O. The molecule has 0 bridgehead atoms. The van der Waals surface area contributed by atoms with Crippen LogP contribution >= 0.6 is 0 Å². The monoisotopic (exact) mass is 244 g/mol. The highest BCUT2D eigenvalue weighted by Crippen LogP contribution is 2.29. The van der Waals surface area contributed by atoms with Gasteiger partial charge in [-0.25, -0.2) is 0 Å². The van der Waals surface area contributed by atoms with E-state index in [4.69, 9.17) is 10.00 Å². The molecule has 1 aliphatic rings. The average Bonchev–Trinajstić information content (AvgIpc) is 2.37. The molecule has 1 fully saturated rings. The molecule has 1 aliphatic heterocycles. The maximum Gasteiger partial charge on any atom is 0.120 e. The van der Waals surface area contributed by atoms with Crippen LogP contribution in [0.2, 0.25) is 0 Å². The molecule has 1 aromatic rings. The predicted molar refractivity (Wildman–Crippen MR) is 71.5 cm³/mol. The number of hydrogen-bond acceptors (Lipinski definition) is 3. The van der Waals surface area contributed by atoms with E-state index in [1.54, 1.807) is 12.1 Å². The number of piperidine rings is 1. The molecule has 0 radical (unpaired) electrons. The van der Waals surface area contributed by atoms with Crippen molar-refractivity contribution in [1.82, 2.24) is 4.90 Å². The van der Waals surface area contributed by atoms with Gasteiger partial charge < -0.3 is 9.64 Å². The van der Waals surface area contributed by atoms with Crippen LogP contribution in [0.1, 0.15) is 25.3 Å². The van der Waals surface area contributed by atoms with Crippen molar-refractivity contribution in [3.8, 4) is 11.8 Å². The Morgan fingerprint density at radius 1 is 1.50 bits per heavy atom. The highest BCUT2D eigenvalue weighted by atomic mass is 16.5. The molecule has 0 aliphatic carbocycles. The van der Waals surface area contributed by atoms with Crippen LogP contribution in [0.5, 0.6) is 5.75 Å². The molecule has 0 saturated carbocycles. The smallest absolute Gasteiger partial charge is 0.120 e. The van der Waals surface area contributed by atoms with Crippen molar-refractivity contribution in [2.75, 3.05) is 26.7 Å². The lowest BCUT2D eigenvalue weighted by atomic mass is 9.83. The first-order valence-corrected chi connectivity index (χ1v) is 6.43. The van der Waals surface area contributed by atoms with Crippen LogP contribution in [0.4, 0.5) is 0 Å². The Hall–Kier alpha value is -1.53. The van der Waals surface area contributed by atoms with Crippen molar-refractivity contribution in [2.24, 2.45) is 5.41 Å². The number of nitriles is 1. The summed E-state index contributed by atoms with van der Waals surface area (Å²) in [6, 6.07) is 9.51. The van der Waals surface area contributed by atoms with Gasteiger partial charge in [0, 0.05) is 12.0 Å². The summed E-state index contributed by atoms with van der Waals surface area (Å²) in [5, 5.41) is 8.85. The second-order valence-corrected chi connectivity index (χ2v) is 5.58. The number of likely N-dealkylation sites (tertiary alicyclic amines) is 1. The van der Waals surface area contributed by atoms with E-state index in [0.29, 0.717) is 12.2 Å². The molecule has 18 heavy (non-hydrogen) atoms. The third kappa shape index (κ3) is 3.24. The zero-order valence-electron chi connectivity index (χ0n) is 11.1. The molecule has 0 amide bonds. The predicted octanol–water partition coefficient (Wildman–Crippen LogP) is 2.67. The minimum Gasteiger partial charge on any atom is -0.493 e. The van der Waals surface area contributed by atoms with Gasteiger partial charge in [-0.05, 0) is 44.6 Å². The van der Waals surface area contributed by atoms with Crippen LogP contribution in [-0.4, -0.2) is 31.6 Å². The van der Waals surface area contributed by atoms with Gasteiger partial charge in [0.05, 0.1) is 18.2 Å². The van der Waals surface area contributed by atoms with Crippen molar-refractivity contribution in [3.63, 3.8) is 0 Å². The fourth-order valence-corrected chi connectivity index (χ4v) is 2.62. The Morgan fingerprint density at radius 3 is 3.06 bits per heavy atom. The lowest BCUT2D eigenvalue weighted by molar-refractivity contribution is 0.0701. The maximum atomic E-state index is 8.85. The molecular weight excluding hydrogens is 224 g/mol. The van der Waals surface area contributed by atoms with Crippen molar-refractivity contribution in [1.29, 1.82) is 5.26 Å². The average molecular weight is 244 g/mol. The number of rotatable bonds is 3. The van der Waals surface area contributed by atoms with Gasteiger partial charge in [-0.2, -0.15) is 5.26 Å². The summed E-state index contributed by atoms with van der Waals surface area (Å²) in [5.74, 6) is 0.795. The first kappa shape index (κ1) is 12.9. The highest BCUT2D eigenvalue weighted by molar-refractivity contribution is 5.36. The van der Waals surface area contributed by atoms with Crippen LogP contribution in [0.3, 0.4) is 0 Å². The van der Waals surface area contributed by atoms with Crippen molar-refractivity contribution in [2.45, 2.75) is 19.8 Å². The SMILES string of the molecule is CN1CCCC(C)(COc2cccc(C#N)c2)C1. The second kappa shape index (κ2) is 5.41. The van der Waals surface area contributed by atoms with Crippen LogP contribution < -0.4 is 4.74 Å². The van der Waals surface area contributed by atoms with E-state index in [1.807, 2.05) is 12.1 Å². The molecule has 2 rings (SSSR count). The van der Waals surface area contributed by atoms with Crippen LogP contribution in [0.25, 0.3) is 0 Å². The van der Waals surface area contributed by atoms with Crippen molar-refractivity contribution >= 4 is 0 Å². The van der Waals surface area contributed by atoms with E-state index < -0.39 is 0 Å². The normalized spacial score (nSPS) is 24.5. The standard InChI is InChI=1S/C15H20N2O/c1-15(7-4-8-17(2)11-15)12-18-14-6-3-5-13(9-14)10-16/h3,5-6,9H,4,7-8,11-12H2,1-2H3. The molecule has 0 aromatic heterocycles. The van der Waals surface area contributed by atoms with Gasteiger partial charge >= 0.3 is 0 Å². The van der Waals surface area contributed by atoms with Gasteiger partial charge in [0.1, 0.15) is 5.75 Å². The number of hydrogen-bond donors (Lipinski definition) is 0. The molecule has 3 nitrogen and oxygen atoms in total. The topological polar surface area (TPSA) is 36.3 Å². The molecule has 3 heteroatoms. The van der Waals surface area contributed by atoms with Crippen LogP contribution in [-0.2, 0) is 0 Å². The number of ether oxygens (including phenoxy) is 1. The molecule has 0 spiro atoms. The Morgan fingerprint density at radius 2 is 2.33 bits per heavy atom. The summed E-state index contributed by atoms with van der Waals surface area (Å²) in [4.78, 5) is 2.36. The van der Waals surface area contributed by atoms with Gasteiger partial charge in [-0.15, -0.1) is 0 Å². The summed E-state index contributed by atoms with van der Waals surface area (Å²) in [5.41, 5.74) is 0.869. The van der Waals surface area contributed by atoms with Gasteiger partial charge in [0.15, 0.2) is 0 Å². The lowest BCUT2D eigenvalue weighted by Gasteiger charge is -2.38.